The zero-order valence-corrected chi connectivity index (χ0v) is 11.8. The third kappa shape index (κ3) is 4.27. The number of carboxylic acid groups (broad SMARTS) is 1. The van der Waals surface area contributed by atoms with Crippen LogP contribution in [0.5, 0.6) is 0 Å². The number of nitrogens with zero attached hydrogens (tertiary/aromatic N) is 2. The summed E-state index contributed by atoms with van der Waals surface area (Å²) in [6.07, 6.45) is 4.05. The Balaban J connectivity index is 2.48. The summed E-state index contributed by atoms with van der Waals surface area (Å²) >= 11 is 1.47. The van der Waals surface area contributed by atoms with E-state index in [1.807, 2.05) is 13.8 Å². The van der Waals surface area contributed by atoms with Crippen LogP contribution in [0.2, 0.25) is 0 Å². The van der Waals surface area contributed by atoms with E-state index in [9.17, 15) is 9.90 Å². The second-order valence-corrected chi connectivity index (χ2v) is 5.37. The Bertz CT molecular complexity index is 397. The second-order valence-electron chi connectivity index (χ2n) is 4.31. The molecule has 0 amide bonds. The van der Waals surface area contributed by atoms with Crippen molar-refractivity contribution in [1.82, 2.24) is 15.3 Å². The standard InChI is InChI=1S/C12H19N3O2S/c1-4-15-12(3,10(16)17)5-6-18-11-13-7-9(2)8-14-11/h7-8,15H,4-6H2,1-3H3,(H,16,17). The van der Waals surface area contributed by atoms with E-state index in [1.165, 1.54) is 11.8 Å². The molecule has 100 valence electrons. The Morgan fingerprint density at radius 1 is 1.50 bits per heavy atom. The van der Waals surface area contributed by atoms with Crippen molar-refractivity contribution in [3.63, 3.8) is 0 Å². The van der Waals surface area contributed by atoms with Crippen LogP contribution < -0.4 is 5.32 Å². The average Bonchev–Trinajstić information content (AvgIpc) is 2.32. The lowest BCUT2D eigenvalue weighted by Crippen LogP contribution is -2.49. The molecule has 0 aliphatic heterocycles. The van der Waals surface area contributed by atoms with E-state index in [0.29, 0.717) is 23.9 Å². The van der Waals surface area contributed by atoms with Gasteiger partial charge in [0, 0.05) is 18.1 Å². The van der Waals surface area contributed by atoms with Crippen molar-refractivity contribution in [1.29, 1.82) is 0 Å². The quantitative estimate of drug-likeness (QED) is 0.580. The van der Waals surface area contributed by atoms with Gasteiger partial charge in [0.25, 0.3) is 0 Å². The molecule has 1 heterocycles. The Morgan fingerprint density at radius 3 is 2.61 bits per heavy atom. The maximum atomic E-state index is 11.2. The van der Waals surface area contributed by atoms with Gasteiger partial charge in [-0.25, -0.2) is 9.97 Å². The van der Waals surface area contributed by atoms with E-state index < -0.39 is 11.5 Å². The van der Waals surface area contributed by atoms with Crippen LogP contribution in [0.25, 0.3) is 0 Å². The Kier molecular flexibility index (Phi) is 5.55. The molecule has 2 N–H and O–H groups in total. The van der Waals surface area contributed by atoms with Gasteiger partial charge < -0.3 is 10.4 Å². The first-order valence-corrected chi connectivity index (χ1v) is 6.86. The molecule has 0 radical (unpaired) electrons. The fourth-order valence-corrected chi connectivity index (χ4v) is 2.41. The van der Waals surface area contributed by atoms with Crippen LogP contribution >= 0.6 is 11.8 Å². The number of aryl methyl sites for hydroxylation is 1. The highest BCUT2D eigenvalue weighted by molar-refractivity contribution is 7.99. The number of carbonyl (C=O) groups is 1. The largest absolute Gasteiger partial charge is 0.480 e. The number of thioether (sulfide) groups is 1. The van der Waals surface area contributed by atoms with E-state index in [2.05, 4.69) is 15.3 Å². The zero-order chi connectivity index (χ0) is 13.6. The van der Waals surface area contributed by atoms with E-state index in [0.717, 1.165) is 5.56 Å². The minimum absolute atomic E-state index is 0.526. The zero-order valence-electron chi connectivity index (χ0n) is 10.9. The molecule has 1 unspecified atom stereocenters. The minimum atomic E-state index is -0.882. The van der Waals surface area contributed by atoms with Crippen LogP contribution in [0.15, 0.2) is 17.6 Å². The lowest BCUT2D eigenvalue weighted by molar-refractivity contribution is -0.144. The summed E-state index contributed by atoms with van der Waals surface area (Å²) in [4.78, 5) is 19.5. The Morgan fingerprint density at radius 2 is 2.11 bits per heavy atom. The SMILES string of the molecule is CCNC(C)(CCSc1ncc(C)cn1)C(=O)O. The maximum absolute atomic E-state index is 11.2. The third-order valence-corrected chi connectivity index (χ3v) is 3.51. The molecule has 0 bridgehead atoms. The number of hydrogen-bond donors (Lipinski definition) is 2. The molecule has 0 aliphatic carbocycles. The Labute approximate surface area is 111 Å². The van der Waals surface area contributed by atoms with Crippen molar-refractivity contribution in [3.05, 3.63) is 18.0 Å². The number of carboxylic acids is 1. The predicted octanol–water partition coefficient (Wildman–Crippen LogP) is 1.72. The number of hydrogen-bond acceptors (Lipinski definition) is 5. The van der Waals surface area contributed by atoms with Gasteiger partial charge in [0.2, 0.25) is 0 Å². The van der Waals surface area contributed by atoms with E-state index >= 15 is 0 Å². The number of nitrogens with one attached hydrogen (secondary N) is 1. The summed E-state index contributed by atoms with van der Waals surface area (Å²) in [6, 6.07) is 0. The molecule has 0 aliphatic rings. The number of aliphatic carboxylic acids is 1. The van der Waals surface area contributed by atoms with Gasteiger partial charge in [0.05, 0.1) is 0 Å². The van der Waals surface area contributed by atoms with Crippen LogP contribution in [0, 0.1) is 6.92 Å². The fraction of sp³-hybridized carbons (Fsp3) is 0.583. The molecule has 0 fully saturated rings. The molecule has 1 atom stereocenters. The predicted molar refractivity (Wildman–Crippen MR) is 71.8 cm³/mol. The van der Waals surface area contributed by atoms with Crippen molar-refractivity contribution in [2.45, 2.75) is 37.9 Å². The van der Waals surface area contributed by atoms with Crippen molar-refractivity contribution in [2.75, 3.05) is 12.3 Å². The first-order chi connectivity index (χ1) is 8.48. The molecule has 6 heteroatoms. The van der Waals surface area contributed by atoms with Gasteiger partial charge in [0.1, 0.15) is 5.54 Å². The van der Waals surface area contributed by atoms with Crippen LogP contribution in [-0.4, -0.2) is 38.9 Å². The van der Waals surface area contributed by atoms with Crippen LogP contribution in [-0.2, 0) is 4.79 Å². The van der Waals surface area contributed by atoms with Gasteiger partial charge in [0.15, 0.2) is 5.16 Å². The topological polar surface area (TPSA) is 75.1 Å². The van der Waals surface area contributed by atoms with Crippen molar-refractivity contribution in [2.24, 2.45) is 0 Å². The summed E-state index contributed by atoms with van der Waals surface area (Å²) in [5.74, 6) is -0.159. The molecule has 1 rings (SSSR count). The average molecular weight is 269 g/mol. The highest BCUT2D eigenvalue weighted by Crippen LogP contribution is 2.19. The van der Waals surface area contributed by atoms with Gasteiger partial charge in [-0.1, -0.05) is 18.7 Å². The maximum Gasteiger partial charge on any atom is 0.323 e. The summed E-state index contributed by atoms with van der Waals surface area (Å²) < 4.78 is 0. The minimum Gasteiger partial charge on any atom is -0.480 e. The summed E-state index contributed by atoms with van der Waals surface area (Å²) in [5.41, 5.74) is 0.134. The molecule has 5 nitrogen and oxygen atoms in total. The molecule has 1 aromatic heterocycles. The molecule has 0 saturated heterocycles. The molecule has 1 aromatic rings. The van der Waals surface area contributed by atoms with E-state index in [4.69, 9.17) is 0 Å². The first-order valence-electron chi connectivity index (χ1n) is 5.88. The molecule has 0 aromatic carbocycles. The van der Waals surface area contributed by atoms with Crippen LogP contribution in [0.1, 0.15) is 25.8 Å². The van der Waals surface area contributed by atoms with Gasteiger partial charge in [-0.3, -0.25) is 4.79 Å². The fourth-order valence-electron chi connectivity index (χ4n) is 1.46. The summed E-state index contributed by atoms with van der Waals surface area (Å²) in [7, 11) is 0. The first kappa shape index (κ1) is 14.9. The number of aromatic nitrogens is 2. The van der Waals surface area contributed by atoms with Gasteiger partial charge in [-0.15, -0.1) is 0 Å². The summed E-state index contributed by atoms with van der Waals surface area (Å²) in [5, 5.41) is 12.9. The lowest BCUT2D eigenvalue weighted by Gasteiger charge is -2.25. The van der Waals surface area contributed by atoms with Crippen molar-refractivity contribution < 1.29 is 9.90 Å². The normalized spacial score (nSPS) is 14.2. The highest BCUT2D eigenvalue weighted by atomic mass is 32.2. The van der Waals surface area contributed by atoms with E-state index in [-0.39, 0.29) is 0 Å². The Hall–Kier alpha value is -1.14. The number of likely N-dealkylation sites (N-methyl/N-ethyl adjacent to an activating group) is 1. The highest BCUT2D eigenvalue weighted by Gasteiger charge is 2.31. The van der Waals surface area contributed by atoms with Gasteiger partial charge >= 0.3 is 5.97 Å². The molecule has 0 spiro atoms. The van der Waals surface area contributed by atoms with Crippen LogP contribution in [0.3, 0.4) is 0 Å². The molecular weight excluding hydrogens is 250 g/mol. The molecule has 18 heavy (non-hydrogen) atoms. The lowest BCUT2D eigenvalue weighted by atomic mass is 9.99. The summed E-state index contributed by atoms with van der Waals surface area (Å²) in [6.45, 7) is 6.17. The number of rotatable bonds is 7. The molecule has 0 saturated carbocycles. The third-order valence-electron chi connectivity index (χ3n) is 2.63. The second kappa shape index (κ2) is 6.70. The van der Waals surface area contributed by atoms with Gasteiger partial charge in [-0.2, -0.15) is 0 Å². The van der Waals surface area contributed by atoms with E-state index in [1.54, 1.807) is 19.3 Å². The van der Waals surface area contributed by atoms with Crippen molar-refractivity contribution >= 4 is 17.7 Å². The van der Waals surface area contributed by atoms with Crippen molar-refractivity contribution in [3.8, 4) is 0 Å². The van der Waals surface area contributed by atoms with Gasteiger partial charge in [-0.05, 0) is 32.4 Å². The molecular formula is C12H19N3O2S. The van der Waals surface area contributed by atoms with Crippen LogP contribution in [0.4, 0.5) is 0 Å². The smallest absolute Gasteiger partial charge is 0.323 e. The monoisotopic (exact) mass is 269 g/mol.